The average Bonchev–Trinajstić information content (AvgIpc) is 3.21. The van der Waals surface area contributed by atoms with Crippen molar-refractivity contribution in [1.82, 2.24) is 24.4 Å². The quantitative estimate of drug-likeness (QED) is 0.303. The fourth-order valence-electron chi connectivity index (χ4n) is 6.59. The highest BCUT2D eigenvalue weighted by Crippen LogP contribution is 2.63. The Morgan fingerprint density at radius 2 is 2.17 bits per heavy atom. The molecular weight excluding hydrogens is 559 g/mol. The van der Waals surface area contributed by atoms with E-state index < -0.39 is 11.8 Å². The number of carbonyl (C=O) groups is 1. The third-order valence-electron chi connectivity index (χ3n) is 9.13. The minimum atomic E-state index is -1.04. The zero-order valence-corrected chi connectivity index (χ0v) is 23.8. The number of benzene rings is 1. The summed E-state index contributed by atoms with van der Waals surface area (Å²) in [5.74, 6) is 0.727. The molecule has 2 aliphatic heterocycles. The minimum Gasteiger partial charge on any atom is -0.476 e. The van der Waals surface area contributed by atoms with Crippen LogP contribution in [0.3, 0.4) is 0 Å². The molecule has 1 saturated carbocycles. The molecule has 0 unspecified atom stereocenters. The lowest BCUT2D eigenvalue weighted by molar-refractivity contribution is -0.0591. The molecule has 0 radical (unpaired) electrons. The number of ether oxygens (including phenoxy) is 2. The van der Waals surface area contributed by atoms with Gasteiger partial charge in [0.15, 0.2) is 5.65 Å². The molecule has 7 rings (SSSR count). The molecule has 216 valence electrons. The minimum absolute atomic E-state index is 0.0248. The topological polar surface area (TPSA) is 126 Å². The maximum absolute atomic E-state index is 14.3. The smallest absolute Gasteiger partial charge is 0.365 e. The first kappa shape index (κ1) is 26.9. The number of hydrogen-bond donors (Lipinski definition) is 1. The molecule has 3 fully saturated rings. The van der Waals surface area contributed by atoms with Gasteiger partial charge in [-0.15, -0.1) is 0 Å². The maximum atomic E-state index is 14.3. The second kappa shape index (κ2) is 10.4. The lowest BCUT2D eigenvalue weighted by atomic mass is 9.90. The number of hydrogen-bond acceptors (Lipinski definition) is 9. The zero-order valence-electron chi connectivity index (χ0n) is 23.0. The predicted molar refractivity (Wildman–Crippen MR) is 151 cm³/mol. The number of nitriles is 1. The Balaban J connectivity index is 1.05. The van der Waals surface area contributed by atoms with Crippen LogP contribution in [0.15, 0.2) is 36.4 Å². The van der Waals surface area contributed by atoms with Gasteiger partial charge in [-0.05, 0) is 49.4 Å². The van der Waals surface area contributed by atoms with E-state index in [2.05, 4.69) is 27.4 Å². The summed E-state index contributed by atoms with van der Waals surface area (Å²) in [6.45, 7) is 6.14. The second-order valence-corrected chi connectivity index (χ2v) is 12.3. The van der Waals surface area contributed by atoms with Crippen molar-refractivity contribution >= 4 is 27.8 Å². The third-order valence-corrected chi connectivity index (χ3v) is 10.2. The summed E-state index contributed by atoms with van der Waals surface area (Å²) in [6, 6.07) is 12.1. The van der Waals surface area contributed by atoms with Crippen LogP contribution >= 0.6 is 11.3 Å². The molecule has 2 saturated heterocycles. The standard InChI is InChI=1S/C30H29FN6O4S/c1-17-21-14-36(15-24-34-26-28(42-27(35-26)29(38)39)37(24)13-20-7-10-40-20)9-8-30(17,21)23-3-2-4-25(33-23)41-16-19-6-5-18(12-32)11-22(19)31/h2-6,11,17,20-21H,7-10,13-16H2,1H3,(H,38,39)/t17-,20-,21+,30+/m0/s1. The molecule has 10 nitrogen and oxygen atoms in total. The highest BCUT2D eigenvalue weighted by molar-refractivity contribution is 7.19. The summed E-state index contributed by atoms with van der Waals surface area (Å²) in [5, 5.41) is 18.4. The van der Waals surface area contributed by atoms with E-state index in [1.54, 1.807) is 18.2 Å². The van der Waals surface area contributed by atoms with Gasteiger partial charge in [-0.2, -0.15) is 5.26 Å². The Labute approximate surface area is 245 Å². The number of imidazole rings is 1. The maximum Gasteiger partial charge on any atom is 0.365 e. The van der Waals surface area contributed by atoms with Crippen LogP contribution < -0.4 is 4.74 Å². The van der Waals surface area contributed by atoms with Crippen LogP contribution in [0.2, 0.25) is 0 Å². The molecule has 4 atom stereocenters. The number of carboxylic acid groups (broad SMARTS) is 1. The Hall–Kier alpha value is -3.92. The Morgan fingerprint density at radius 3 is 2.88 bits per heavy atom. The number of piperidine rings is 1. The molecule has 0 bridgehead atoms. The van der Waals surface area contributed by atoms with E-state index in [4.69, 9.17) is 24.7 Å². The molecule has 42 heavy (non-hydrogen) atoms. The molecule has 4 aromatic rings. The van der Waals surface area contributed by atoms with Crippen molar-refractivity contribution in [3.63, 3.8) is 0 Å². The van der Waals surface area contributed by atoms with Gasteiger partial charge >= 0.3 is 5.97 Å². The first-order valence-electron chi connectivity index (χ1n) is 14.1. The van der Waals surface area contributed by atoms with Crippen molar-refractivity contribution in [2.75, 3.05) is 19.7 Å². The number of nitrogens with zero attached hydrogens (tertiary/aromatic N) is 6. The first-order valence-corrected chi connectivity index (χ1v) is 14.9. The van der Waals surface area contributed by atoms with E-state index in [0.717, 1.165) is 48.9 Å². The van der Waals surface area contributed by atoms with Crippen molar-refractivity contribution in [2.45, 2.75) is 51.0 Å². The van der Waals surface area contributed by atoms with Gasteiger partial charge in [-0.1, -0.05) is 30.4 Å². The van der Waals surface area contributed by atoms with Gasteiger partial charge < -0.3 is 19.1 Å². The molecule has 3 aromatic heterocycles. The Bertz CT molecular complexity index is 1730. The van der Waals surface area contributed by atoms with E-state index in [0.29, 0.717) is 42.0 Å². The number of rotatable bonds is 9. The first-order chi connectivity index (χ1) is 20.4. The van der Waals surface area contributed by atoms with Crippen molar-refractivity contribution in [2.24, 2.45) is 11.8 Å². The third kappa shape index (κ3) is 4.62. The van der Waals surface area contributed by atoms with Crippen LogP contribution in [0.25, 0.3) is 10.5 Å². The number of pyridine rings is 1. The number of carboxylic acids is 1. The number of aromatic carboxylic acids is 1. The van der Waals surface area contributed by atoms with Gasteiger partial charge in [0.05, 0.1) is 36.5 Å². The normalized spacial score (nSPS) is 25.0. The van der Waals surface area contributed by atoms with E-state index in [9.17, 15) is 14.3 Å². The van der Waals surface area contributed by atoms with Gasteiger partial charge in [0, 0.05) is 30.2 Å². The number of aromatic nitrogens is 4. The lowest BCUT2D eigenvalue weighted by Crippen LogP contribution is -2.37. The van der Waals surface area contributed by atoms with Gasteiger partial charge in [-0.3, -0.25) is 4.90 Å². The Kier molecular flexibility index (Phi) is 6.68. The average molecular weight is 589 g/mol. The molecule has 0 spiro atoms. The predicted octanol–water partition coefficient (Wildman–Crippen LogP) is 4.37. The van der Waals surface area contributed by atoms with Crippen LogP contribution in [0.4, 0.5) is 4.39 Å². The van der Waals surface area contributed by atoms with E-state index in [1.165, 1.54) is 17.4 Å². The highest BCUT2D eigenvalue weighted by Gasteiger charge is 2.65. The molecule has 1 aromatic carbocycles. The highest BCUT2D eigenvalue weighted by atomic mass is 32.1. The fraction of sp³-hybridized carbons (Fsp3) is 0.433. The van der Waals surface area contributed by atoms with Crippen LogP contribution in [0, 0.1) is 29.0 Å². The van der Waals surface area contributed by atoms with Crippen LogP contribution in [-0.2, 0) is 29.8 Å². The molecule has 5 heterocycles. The van der Waals surface area contributed by atoms with E-state index >= 15 is 0 Å². The number of likely N-dealkylation sites (tertiary alicyclic amines) is 1. The van der Waals surface area contributed by atoms with Gasteiger partial charge in [0.25, 0.3) is 0 Å². The van der Waals surface area contributed by atoms with E-state index in [1.807, 2.05) is 12.1 Å². The number of thiazole rings is 1. The van der Waals surface area contributed by atoms with E-state index in [-0.39, 0.29) is 28.7 Å². The van der Waals surface area contributed by atoms with Crippen molar-refractivity contribution in [1.29, 1.82) is 5.26 Å². The number of halogens is 1. The fourth-order valence-corrected chi connectivity index (χ4v) is 7.47. The largest absolute Gasteiger partial charge is 0.476 e. The molecule has 3 aliphatic rings. The molecule has 1 aliphatic carbocycles. The SMILES string of the molecule is C[C@H]1[C@H]2CN(Cc3nc4nc(C(=O)O)sc4n3C[C@@H]3CCO3)CC[C@]21c1cccc(OCc2ccc(C#N)cc2F)n1. The summed E-state index contributed by atoms with van der Waals surface area (Å²) in [6.07, 6.45) is 2.04. The monoisotopic (exact) mass is 588 g/mol. The molecule has 12 heteroatoms. The summed E-state index contributed by atoms with van der Waals surface area (Å²) in [7, 11) is 0. The van der Waals surface area contributed by atoms with Gasteiger partial charge in [0.1, 0.15) is 23.1 Å². The molecule has 0 amide bonds. The van der Waals surface area contributed by atoms with Crippen LogP contribution in [0.5, 0.6) is 5.88 Å². The Morgan fingerprint density at radius 1 is 1.31 bits per heavy atom. The summed E-state index contributed by atoms with van der Waals surface area (Å²) >= 11 is 1.17. The van der Waals surface area contributed by atoms with Crippen LogP contribution in [-0.4, -0.2) is 61.3 Å². The summed E-state index contributed by atoms with van der Waals surface area (Å²) < 4.78 is 28.0. The molecule has 1 N–H and O–H groups in total. The summed E-state index contributed by atoms with van der Waals surface area (Å²) in [4.78, 5) is 28.6. The second-order valence-electron chi connectivity index (χ2n) is 11.4. The van der Waals surface area contributed by atoms with Crippen molar-refractivity contribution in [3.8, 4) is 11.9 Å². The van der Waals surface area contributed by atoms with Gasteiger partial charge in [0.2, 0.25) is 10.9 Å². The zero-order chi connectivity index (χ0) is 29.0. The van der Waals surface area contributed by atoms with Crippen LogP contribution in [0.1, 0.15) is 52.2 Å². The van der Waals surface area contributed by atoms with Crippen molar-refractivity contribution < 1.29 is 23.8 Å². The summed E-state index contributed by atoms with van der Waals surface area (Å²) in [5.41, 5.74) is 2.12. The van der Waals surface area contributed by atoms with Gasteiger partial charge in [-0.25, -0.2) is 24.1 Å². The lowest BCUT2D eigenvalue weighted by Gasteiger charge is -2.32. The number of fused-ring (bicyclic) bond motifs is 2. The van der Waals surface area contributed by atoms with Crippen molar-refractivity contribution in [3.05, 3.63) is 69.9 Å². The molecular formula is C30H29FN6O4S.